The van der Waals surface area contributed by atoms with Crippen LogP contribution in [0.5, 0.6) is 0 Å². The van der Waals surface area contributed by atoms with E-state index in [1.54, 1.807) is 11.1 Å². The largest absolute Gasteiger partial charge is 0.494 e. The first kappa shape index (κ1) is 24.5. The summed E-state index contributed by atoms with van der Waals surface area (Å²) in [5.41, 5.74) is 3.95. The fourth-order valence-corrected chi connectivity index (χ4v) is 10.3. The number of likely N-dealkylation sites (tertiary alicyclic amines) is 1. The predicted molar refractivity (Wildman–Crippen MR) is 143 cm³/mol. The van der Waals surface area contributed by atoms with Crippen LogP contribution in [0.3, 0.4) is 0 Å². The molecule has 4 fully saturated rings. The summed E-state index contributed by atoms with van der Waals surface area (Å²) < 4.78 is 6.84. The lowest BCUT2D eigenvalue weighted by atomic mass is 9.47. The monoisotopic (exact) mass is 481 g/mol. The molecule has 4 aliphatic carbocycles. The molecule has 196 valence electrons. The van der Waals surface area contributed by atoms with Gasteiger partial charge in [-0.05, 0) is 124 Å². The Morgan fingerprint density at radius 2 is 1.91 bits per heavy atom. The number of ether oxygens (including phenoxy) is 1. The van der Waals surface area contributed by atoms with Crippen molar-refractivity contribution in [3.8, 4) is 0 Å². The topological polar surface area (TPSA) is 32.7 Å². The number of aliphatic hydroxyl groups is 1. The zero-order valence-corrected chi connectivity index (χ0v) is 23.0. The first-order chi connectivity index (χ1) is 16.8. The molecule has 0 bridgehead atoms. The Morgan fingerprint density at radius 3 is 2.71 bits per heavy atom. The van der Waals surface area contributed by atoms with Crippen LogP contribution < -0.4 is 0 Å². The maximum Gasteiger partial charge on any atom is 0.106 e. The van der Waals surface area contributed by atoms with E-state index in [9.17, 15) is 5.11 Å². The molecule has 0 spiro atoms. The van der Waals surface area contributed by atoms with Crippen LogP contribution in [0.2, 0.25) is 0 Å². The van der Waals surface area contributed by atoms with Gasteiger partial charge in [-0.3, -0.25) is 0 Å². The van der Waals surface area contributed by atoms with Crippen molar-refractivity contribution >= 4 is 0 Å². The third-order valence-corrected chi connectivity index (χ3v) is 12.2. The van der Waals surface area contributed by atoms with Gasteiger partial charge in [-0.2, -0.15) is 0 Å². The normalized spacial score (nSPS) is 46.3. The molecule has 2 aliphatic heterocycles. The smallest absolute Gasteiger partial charge is 0.106 e. The Morgan fingerprint density at radius 1 is 1.11 bits per heavy atom. The molecule has 0 aromatic heterocycles. The maximum absolute atomic E-state index is 10.3. The van der Waals surface area contributed by atoms with Crippen molar-refractivity contribution in [2.24, 2.45) is 40.4 Å². The summed E-state index contributed by atoms with van der Waals surface area (Å²) in [6.45, 7) is 14.0. The van der Waals surface area contributed by atoms with E-state index in [0.717, 1.165) is 42.9 Å². The molecule has 0 aromatic carbocycles. The number of aliphatic hydroxyl groups excluding tert-OH is 1. The minimum atomic E-state index is -0.104. The van der Waals surface area contributed by atoms with Crippen LogP contribution in [0, 0.1) is 40.4 Å². The Bertz CT molecular complexity index is 871. The standard InChI is InChI=1S/C32H51NO2/c1-21(20-33-16-6-5-7-17-33)8-11-28-22(2)30-29(35-28)19-27-25-10-9-23-18-24(34)12-14-31(23,3)26(25)13-15-32(27,30)4/h9,21,24-27,29-30,34H,5-8,10-20H2,1-4H3/t21-,24+,25-,26+,27+,29+,30+,31+,32+/m1/s1. The second kappa shape index (κ2) is 9.19. The lowest BCUT2D eigenvalue weighted by Gasteiger charge is -2.57. The molecule has 1 saturated heterocycles. The molecule has 0 unspecified atom stereocenters. The van der Waals surface area contributed by atoms with E-state index in [1.165, 1.54) is 83.2 Å². The molecule has 3 saturated carbocycles. The Kier molecular flexibility index (Phi) is 6.44. The van der Waals surface area contributed by atoms with Crippen LogP contribution in [0.15, 0.2) is 23.0 Å². The molecule has 6 aliphatic rings. The quantitative estimate of drug-likeness (QED) is 0.425. The molecule has 0 radical (unpaired) electrons. The van der Waals surface area contributed by atoms with E-state index in [2.05, 4.69) is 38.7 Å². The van der Waals surface area contributed by atoms with Crippen LogP contribution in [-0.2, 0) is 4.74 Å². The SMILES string of the molecule is CC1=C(CC[C@@H](C)CN2CCCCC2)O[C@H]2C[C@H]3[C@@H]4CC=C5C[C@@H](O)CC[C@]5(C)[C@H]4CC[C@]3(C)[C@@H]12. The Hall–Kier alpha value is -0.800. The molecule has 3 nitrogen and oxygen atoms in total. The van der Waals surface area contributed by atoms with Crippen molar-refractivity contribution in [3.63, 3.8) is 0 Å². The van der Waals surface area contributed by atoms with Gasteiger partial charge in [0.25, 0.3) is 0 Å². The molecule has 0 aromatic rings. The van der Waals surface area contributed by atoms with Gasteiger partial charge < -0.3 is 14.7 Å². The fraction of sp³-hybridized carbons (Fsp3) is 0.875. The van der Waals surface area contributed by atoms with Crippen LogP contribution in [0.1, 0.15) is 105 Å². The molecule has 6 rings (SSSR count). The number of fused-ring (bicyclic) bond motifs is 7. The van der Waals surface area contributed by atoms with Crippen molar-refractivity contribution in [1.29, 1.82) is 0 Å². The Balaban J connectivity index is 1.14. The third-order valence-electron chi connectivity index (χ3n) is 12.2. The average Bonchev–Trinajstić information content (AvgIpc) is 3.32. The van der Waals surface area contributed by atoms with E-state index >= 15 is 0 Å². The fourth-order valence-electron chi connectivity index (χ4n) is 10.3. The van der Waals surface area contributed by atoms with E-state index in [0.29, 0.717) is 22.9 Å². The summed E-state index contributed by atoms with van der Waals surface area (Å²) in [5, 5.41) is 10.3. The summed E-state index contributed by atoms with van der Waals surface area (Å²) in [4.78, 5) is 2.70. The molecule has 1 N–H and O–H groups in total. The highest BCUT2D eigenvalue weighted by Crippen LogP contribution is 2.68. The second-order valence-electron chi connectivity index (χ2n) is 14.2. The number of rotatable bonds is 5. The molecule has 2 heterocycles. The highest BCUT2D eigenvalue weighted by atomic mass is 16.5. The van der Waals surface area contributed by atoms with Gasteiger partial charge in [0.1, 0.15) is 6.10 Å². The highest BCUT2D eigenvalue weighted by Gasteiger charge is 2.63. The zero-order valence-electron chi connectivity index (χ0n) is 23.0. The lowest BCUT2D eigenvalue weighted by molar-refractivity contribution is -0.0454. The van der Waals surface area contributed by atoms with Crippen molar-refractivity contribution < 1.29 is 9.84 Å². The summed E-state index contributed by atoms with van der Waals surface area (Å²) in [5.74, 6) is 5.19. The molecule has 35 heavy (non-hydrogen) atoms. The zero-order chi connectivity index (χ0) is 24.4. The molecule has 3 heteroatoms. The van der Waals surface area contributed by atoms with Gasteiger partial charge in [-0.1, -0.05) is 38.8 Å². The van der Waals surface area contributed by atoms with Gasteiger partial charge in [-0.15, -0.1) is 0 Å². The van der Waals surface area contributed by atoms with Crippen LogP contribution in [0.4, 0.5) is 0 Å². The van der Waals surface area contributed by atoms with Crippen molar-refractivity contribution in [3.05, 3.63) is 23.0 Å². The Labute approximate surface area is 214 Å². The van der Waals surface area contributed by atoms with Crippen molar-refractivity contribution in [1.82, 2.24) is 4.90 Å². The lowest BCUT2D eigenvalue weighted by Crippen LogP contribution is -2.50. The minimum Gasteiger partial charge on any atom is -0.494 e. The molecular weight excluding hydrogens is 430 g/mol. The summed E-state index contributed by atoms with van der Waals surface area (Å²) in [6.07, 6.45) is 17.9. The first-order valence-corrected chi connectivity index (χ1v) is 15.3. The van der Waals surface area contributed by atoms with E-state index in [-0.39, 0.29) is 6.10 Å². The predicted octanol–water partition coefficient (Wildman–Crippen LogP) is 7.11. The third kappa shape index (κ3) is 4.06. The van der Waals surface area contributed by atoms with Crippen molar-refractivity contribution in [2.45, 2.75) is 117 Å². The summed E-state index contributed by atoms with van der Waals surface area (Å²) >= 11 is 0. The van der Waals surface area contributed by atoms with Gasteiger partial charge in [0.15, 0.2) is 0 Å². The van der Waals surface area contributed by atoms with Gasteiger partial charge in [0.05, 0.1) is 11.9 Å². The molecular formula is C32H51NO2. The highest BCUT2D eigenvalue weighted by molar-refractivity contribution is 5.30. The summed E-state index contributed by atoms with van der Waals surface area (Å²) in [6, 6.07) is 0. The maximum atomic E-state index is 10.3. The van der Waals surface area contributed by atoms with E-state index in [4.69, 9.17) is 4.74 Å². The van der Waals surface area contributed by atoms with Crippen LogP contribution >= 0.6 is 0 Å². The number of allylic oxidation sites excluding steroid dienone is 2. The first-order valence-electron chi connectivity index (χ1n) is 15.3. The number of hydrogen-bond donors (Lipinski definition) is 1. The summed E-state index contributed by atoms with van der Waals surface area (Å²) in [7, 11) is 0. The van der Waals surface area contributed by atoms with Gasteiger partial charge >= 0.3 is 0 Å². The van der Waals surface area contributed by atoms with Gasteiger partial charge in [0.2, 0.25) is 0 Å². The minimum absolute atomic E-state index is 0.104. The average molecular weight is 482 g/mol. The molecule has 0 amide bonds. The second-order valence-corrected chi connectivity index (χ2v) is 14.2. The number of piperidine rings is 1. The molecule has 9 atom stereocenters. The van der Waals surface area contributed by atoms with Gasteiger partial charge in [-0.25, -0.2) is 0 Å². The van der Waals surface area contributed by atoms with E-state index < -0.39 is 0 Å². The number of hydrogen-bond acceptors (Lipinski definition) is 3. The number of nitrogens with zero attached hydrogens (tertiary/aromatic N) is 1. The van der Waals surface area contributed by atoms with Crippen LogP contribution in [-0.4, -0.2) is 41.8 Å². The van der Waals surface area contributed by atoms with Crippen LogP contribution in [0.25, 0.3) is 0 Å². The van der Waals surface area contributed by atoms with Crippen molar-refractivity contribution in [2.75, 3.05) is 19.6 Å². The van der Waals surface area contributed by atoms with Gasteiger partial charge in [0, 0.05) is 18.9 Å². The van der Waals surface area contributed by atoms with E-state index in [1.807, 2.05) is 0 Å².